The van der Waals surface area contributed by atoms with Gasteiger partial charge < -0.3 is 10.1 Å². The molecule has 220 valence electrons. The van der Waals surface area contributed by atoms with Crippen LogP contribution in [0.15, 0.2) is 83.7 Å². The quantitative estimate of drug-likeness (QED) is 0.239. The largest absolute Gasteiger partial charge is 0.459 e. The van der Waals surface area contributed by atoms with Crippen LogP contribution in [0.25, 0.3) is 11.3 Å². The number of nitrogens with one attached hydrogen (secondary N) is 1. The Labute approximate surface area is 248 Å². The lowest BCUT2D eigenvalue weighted by atomic mass is 9.83. The molecule has 0 radical (unpaired) electrons. The summed E-state index contributed by atoms with van der Waals surface area (Å²) in [5.74, 6) is -0.123. The molecule has 2 saturated carbocycles. The van der Waals surface area contributed by atoms with E-state index >= 15 is 0 Å². The highest BCUT2D eigenvalue weighted by molar-refractivity contribution is 5.84. The topological polar surface area (TPSA) is 90.3 Å². The van der Waals surface area contributed by atoms with Crippen molar-refractivity contribution in [1.29, 1.82) is 0 Å². The van der Waals surface area contributed by atoms with E-state index in [-0.39, 0.29) is 23.4 Å². The number of nitrogens with zero attached hydrogens (tertiary/aromatic N) is 2. The van der Waals surface area contributed by atoms with E-state index in [4.69, 9.17) is 4.74 Å². The van der Waals surface area contributed by atoms with Gasteiger partial charge in [0, 0.05) is 18.2 Å². The maximum atomic E-state index is 13.5. The first-order valence-electron chi connectivity index (χ1n) is 15.0. The Hall–Kier alpha value is -4.00. The predicted octanol–water partition coefficient (Wildman–Crippen LogP) is 6.03. The van der Waals surface area contributed by atoms with Crippen molar-refractivity contribution in [2.24, 2.45) is 11.3 Å². The third-order valence-corrected chi connectivity index (χ3v) is 8.19. The zero-order valence-corrected chi connectivity index (χ0v) is 24.8. The first kappa shape index (κ1) is 29.5. The lowest BCUT2D eigenvalue weighted by Gasteiger charge is -2.23. The van der Waals surface area contributed by atoms with Gasteiger partial charge in [0.1, 0.15) is 5.60 Å². The number of hydrogen-bond acceptors (Lipinski definition) is 5. The molecule has 2 aliphatic carbocycles. The summed E-state index contributed by atoms with van der Waals surface area (Å²) in [6.07, 6.45) is 9.69. The fraction of sp³-hybridized carbons (Fsp3) is 0.429. The van der Waals surface area contributed by atoms with Crippen LogP contribution in [-0.2, 0) is 20.9 Å². The molecule has 2 fully saturated rings. The summed E-state index contributed by atoms with van der Waals surface area (Å²) in [6.45, 7) is 6.35. The van der Waals surface area contributed by atoms with E-state index in [0.29, 0.717) is 19.0 Å². The van der Waals surface area contributed by atoms with Gasteiger partial charge >= 0.3 is 5.97 Å². The summed E-state index contributed by atoms with van der Waals surface area (Å²) >= 11 is 0. The van der Waals surface area contributed by atoms with Gasteiger partial charge in [-0.05, 0) is 69.6 Å². The van der Waals surface area contributed by atoms with Gasteiger partial charge in [-0.1, -0.05) is 79.6 Å². The Morgan fingerprint density at radius 3 is 2.36 bits per heavy atom. The average Bonchev–Trinajstić information content (AvgIpc) is 3.58. The van der Waals surface area contributed by atoms with Crippen LogP contribution in [0.5, 0.6) is 0 Å². The van der Waals surface area contributed by atoms with Crippen molar-refractivity contribution in [3.8, 4) is 11.3 Å². The van der Waals surface area contributed by atoms with Crippen molar-refractivity contribution < 1.29 is 14.3 Å². The third-order valence-electron chi connectivity index (χ3n) is 8.19. The smallest absolute Gasteiger partial charge is 0.316 e. The number of esters is 1. The molecule has 42 heavy (non-hydrogen) atoms. The Morgan fingerprint density at radius 2 is 1.71 bits per heavy atom. The first-order valence-corrected chi connectivity index (χ1v) is 15.0. The van der Waals surface area contributed by atoms with E-state index in [9.17, 15) is 14.4 Å². The normalized spacial score (nSPS) is 17.2. The highest BCUT2D eigenvalue weighted by Gasteiger charge is 2.50. The molecule has 0 bridgehead atoms. The number of carbonyl (C=O) groups excluding carboxylic acids is 2. The molecule has 1 amide bonds. The molecule has 2 aliphatic rings. The van der Waals surface area contributed by atoms with Gasteiger partial charge in [0.2, 0.25) is 5.91 Å². The molecule has 5 rings (SSSR count). The van der Waals surface area contributed by atoms with Crippen LogP contribution >= 0.6 is 0 Å². The Bertz CT molecular complexity index is 1480. The third kappa shape index (κ3) is 7.25. The maximum Gasteiger partial charge on any atom is 0.316 e. The second kappa shape index (κ2) is 12.5. The maximum absolute atomic E-state index is 13.5. The van der Waals surface area contributed by atoms with E-state index in [0.717, 1.165) is 60.9 Å². The second-order valence-corrected chi connectivity index (χ2v) is 12.6. The van der Waals surface area contributed by atoms with Gasteiger partial charge in [-0.15, -0.1) is 0 Å². The fourth-order valence-electron chi connectivity index (χ4n) is 5.76. The second-order valence-electron chi connectivity index (χ2n) is 12.6. The SMILES string of the molecule is CC(C)(C)OC(=O)C1(C=CCNC(=O)C(c2ccc(Cn3nc(-c4ccccc4)ccc3=O)cc2)C2CCCC2)CC1. The van der Waals surface area contributed by atoms with E-state index < -0.39 is 11.0 Å². The molecule has 1 atom stereocenters. The standard InChI is InChI=1S/C35H41N3O4/c1-34(2,3)42-33(41)35(21-22-35)20-9-23-36-32(40)31(27-12-7-8-13-27)28-16-14-25(15-17-28)24-38-30(39)19-18-29(37-38)26-10-5-4-6-11-26/h4-6,9-11,14-20,27,31H,7-8,12-13,21-24H2,1-3H3,(H,36,40). The van der Waals surface area contributed by atoms with Crippen LogP contribution in [0, 0.1) is 11.3 Å². The van der Waals surface area contributed by atoms with Crippen LogP contribution in [0.1, 0.15) is 76.3 Å². The molecule has 0 saturated heterocycles. The minimum atomic E-state index is -0.546. The van der Waals surface area contributed by atoms with Gasteiger partial charge in [-0.25, -0.2) is 4.68 Å². The van der Waals surface area contributed by atoms with E-state index in [1.54, 1.807) is 12.1 Å². The number of benzene rings is 2. The van der Waals surface area contributed by atoms with E-state index in [1.165, 1.54) is 4.68 Å². The van der Waals surface area contributed by atoms with E-state index in [1.807, 2.05) is 87.5 Å². The zero-order chi connectivity index (χ0) is 29.7. The van der Waals surface area contributed by atoms with Gasteiger partial charge in [0.15, 0.2) is 0 Å². The van der Waals surface area contributed by atoms with E-state index in [2.05, 4.69) is 10.4 Å². The number of ether oxygens (including phenoxy) is 1. The number of carbonyl (C=O) groups is 2. The van der Waals surface area contributed by atoms with Crippen LogP contribution in [-0.4, -0.2) is 33.8 Å². The lowest BCUT2D eigenvalue weighted by Crippen LogP contribution is -2.33. The molecular formula is C35H41N3O4. The highest BCUT2D eigenvalue weighted by Crippen LogP contribution is 2.48. The molecule has 7 heteroatoms. The molecule has 2 aromatic carbocycles. The van der Waals surface area contributed by atoms with Crippen LogP contribution < -0.4 is 10.9 Å². The lowest BCUT2D eigenvalue weighted by molar-refractivity contribution is -0.159. The molecule has 1 unspecified atom stereocenters. The van der Waals surface area contributed by atoms with Crippen molar-refractivity contribution in [1.82, 2.24) is 15.1 Å². The molecule has 0 aliphatic heterocycles. The van der Waals surface area contributed by atoms with Gasteiger partial charge in [0.05, 0.1) is 23.6 Å². The number of rotatable bonds is 10. The predicted molar refractivity (Wildman–Crippen MR) is 164 cm³/mol. The Kier molecular flexibility index (Phi) is 8.76. The van der Waals surface area contributed by atoms with Crippen LogP contribution in [0.4, 0.5) is 0 Å². The summed E-state index contributed by atoms with van der Waals surface area (Å²) in [6, 6.07) is 21.1. The summed E-state index contributed by atoms with van der Waals surface area (Å²) < 4.78 is 7.07. The summed E-state index contributed by atoms with van der Waals surface area (Å²) in [7, 11) is 0. The molecule has 7 nitrogen and oxygen atoms in total. The van der Waals surface area contributed by atoms with Crippen molar-refractivity contribution in [3.63, 3.8) is 0 Å². The van der Waals surface area contributed by atoms with Gasteiger partial charge in [-0.2, -0.15) is 5.10 Å². The van der Waals surface area contributed by atoms with Gasteiger partial charge in [0.25, 0.3) is 5.56 Å². The van der Waals surface area contributed by atoms with Gasteiger partial charge in [-0.3, -0.25) is 14.4 Å². The number of aromatic nitrogens is 2. The van der Waals surface area contributed by atoms with Crippen LogP contribution in [0.3, 0.4) is 0 Å². The van der Waals surface area contributed by atoms with Crippen molar-refractivity contribution in [3.05, 3.63) is 100 Å². The summed E-state index contributed by atoms with van der Waals surface area (Å²) in [5.41, 5.74) is 2.42. The minimum Gasteiger partial charge on any atom is -0.459 e. The molecule has 0 spiro atoms. The number of amides is 1. The van der Waals surface area contributed by atoms with Crippen molar-refractivity contribution in [2.75, 3.05) is 6.54 Å². The summed E-state index contributed by atoms with van der Waals surface area (Å²) in [4.78, 5) is 38.6. The Morgan fingerprint density at radius 1 is 1.02 bits per heavy atom. The first-order chi connectivity index (χ1) is 20.1. The molecular weight excluding hydrogens is 526 g/mol. The average molecular weight is 568 g/mol. The van der Waals surface area contributed by atoms with Crippen molar-refractivity contribution in [2.45, 2.75) is 77.4 Å². The van der Waals surface area contributed by atoms with Crippen molar-refractivity contribution >= 4 is 11.9 Å². The monoisotopic (exact) mass is 567 g/mol. The molecule has 1 heterocycles. The fourth-order valence-corrected chi connectivity index (χ4v) is 5.76. The van der Waals surface area contributed by atoms with Crippen LogP contribution in [0.2, 0.25) is 0 Å². The molecule has 3 aromatic rings. The summed E-state index contributed by atoms with van der Waals surface area (Å²) in [5, 5.41) is 7.68. The zero-order valence-electron chi connectivity index (χ0n) is 24.8. The molecule has 1 N–H and O–H groups in total. The Balaban J connectivity index is 1.25. The molecule has 1 aromatic heterocycles. The highest BCUT2D eigenvalue weighted by atomic mass is 16.6. The minimum absolute atomic E-state index is 0.00913. The number of hydrogen-bond donors (Lipinski definition) is 1.